The first-order valence-corrected chi connectivity index (χ1v) is 9.89. The lowest BCUT2D eigenvalue weighted by Crippen LogP contribution is -2.38. The molecule has 3 aromatic rings. The summed E-state index contributed by atoms with van der Waals surface area (Å²) in [7, 11) is 0. The molecule has 0 bridgehead atoms. The number of nitrogens with one attached hydrogen (secondary N) is 2. The van der Waals surface area contributed by atoms with Crippen LogP contribution in [0, 0.1) is 6.92 Å². The number of carbonyl (C=O) groups is 1. The predicted molar refractivity (Wildman–Crippen MR) is 106 cm³/mol. The molecule has 0 saturated carbocycles. The van der Waals surface area contributed by atoms with E-state index in [1.165, 1.54) is 0 Å². The molecule has 11 heteroatoms. The molecule has 0 atom stereocenters. The topological polar surface area (TPSA) is 113 Å². The second-order valence-corrected chi connectivity index (χ2v) is 7.76. The van der Waals surface area contributed by atoms with E-state index in [4.69, 9.17) is 16.3 Å². The Hall–Kier alpha value is -2.46. The smallest absolute Gasteiger partial charge is 0.355 e. The zero-order valence-corrected chi connectivity index (χ0v) is 17.3. The Kier molecular flexibility index (Phi) is 5.31. The van der Waals surface area contributed by atoms with Crippen LogP contribution in [0.3, 0.4) is 0 Å². The quantitative estimate of drug-likeness (QED) is 0.448. The lowest BCUT2D eigenvalue weighted by Gasteiger charge is -2.32. The minimum absolute atomic E-state index is 0.137. The van der Waals surface area contributed by atoms with E-state index in [0.29, 0.717) is 42.6 Å². The van der Waals surface area contributed by atoms with Crippen LogP contribution in [0.25, 0.3) is 11.4 Å². The molecule has 146 valence electrons. The summed E-state index contributed by atoms with van der Waals surface area (Å²) in [6.45, 7) is 3.29. The number of aryl methyl sites for hydroxylation is 1. The Morgan fingerprint density at radius 3 is 2.75 bits per heavy atom. The van der Waals surface area contributed by atoms with Crippen molar-refractivity contribution >= 4 is 39.3 Å². The highest BCUT2D eigenvalue weighted by Gasteiger charge is 2.25. The average molecular weight is 467 g/mol. The van der Waals surface area contributed by atoms with E-state index in [1.807, 2.05) is 13.0 Å². The molecule has 1 aliphatic rings. The van der Waals surface area contributed by atoms with Gasteiger partial charge in [-0.3, -0.25) is 0 Å². The van der Waals surface area contributed by atoms with Gasteiger partial charge >= 0.3 is 5.97 Å². The van der Waals surface area contributed by atoms with Crippen LogP contribution >= 0.6 is 27.5 Å². The van der Waals surface area contributed by atoms with Gasteiger partial charge in [0.1, 0.15) is 22.8 Å². The van der Waals surface area contributed by atoms with Crippen molar-refractivity contribution in [3.8, 4) is 11.4 Å². The number of aromatic amines is 2. The molecule has 0 spiro atoms. The maximum Gasteiger partial charge on any atom is 0.355 e. The summed E-state index contributed by atoms with van der Waals surface area (Å²) in [6, 6.07) is 5.31. The Morgan fingerprint density at radius 2 is 2.11 bits per heavy atom. The number of piperidine rings is 1. The van der Waals surface area contributed by atoms with Crippen molar-refractivity contribution < 1.29 is 9.53 Å². The summed E-state index contributed by atoms with van der Waals surface area (Å²) in [6.07, 6.45) is 1.28. The van der Waals surface area contributed by atoms with E-state index in [2.05, 4.69) is 51.4 Å². The number of halogens is 2. The molecule has 28 heavy (non-hydrogen) atoms. The summed E-state index contributed by atoms with van der Waals surface area (Å²) in [5, 5.41) is 14.3. The van der Waals surface area contributed by atoms with Gasteiger partial charge in [0.25, 0.3) is 0 Å². The zero-order chi connectivity index (χ0) is 19.7. The molecule has 0 aromatic carbocycles. The lowest BCUT2D eigenvalue weighted by atomic mass is 10.1. The number of carbonyl (C=O) groups excluding carboxylic acids is 1. The normalized spacial score (nSPS) is 15.0. The van der Waals surface area contributed by atoms with Gasteiger partial charge < -0.3 is 14.6 Å². The van der Waals surface area contributed by atoms with Crippen molar-refractivity contribution in [3.63, 3.8) is 0 Å². The number of H-pyrrole nitrogens is 2. The molecule has 1 aliphatic heterocycles. The maximum absolute atomic E-state index is 12.3. The van der Waals surface area contributed by atoms with Crippen molar-refractivity contribution in [2.24, 2.45) is 0 Å². The molecule has 2 N–H and O–H groups in total. The molecule has 4 rings (SSSR count). The highest BCUT2D eigenvalue weighted by atomic mass is 79.9. The van der Waals surface area contributed by atoms with Crippen LogP contribution in [-0.4, -0.2) is 55.8 Å². The van der Waals surface area contributed by atoms with Gasteiger partial charge in [-0.05, 0) is 46.3 Å². The fourth-order valence-electron chi connectivity index (χ4n) is 3.12. The number of rotatable bonds is 4. The molecule has 1 fully saturated rings. The number of pyridine rings is 1. The first kappa shape index (κ1) is 18.9. The van der Waals surface area contributed by atoms with Crippen LogP contribution in [-0.2, 0) is 4.74 Å². The van der Waals surface area contributed by atoms with Crippen molar-refractivity contribution in [2.45, 2.75) is 25.9 Å². The van der Waals surface area contributed by atoms with Gasteiger partial charge in [-0.1, -0.05) is 11.6 Å². The number of anilines is 1. The predicted octanol–water partition coefficient (Wildman–Crippen LogP) is 3.14. The van der Waals surface area contributed by atoms with E-state index in [0.717, 1.165) is 21.5 Å². The van der Waals surface area contributed by atoms with Crippen LogP contribution in [0.5, 0.6) is 0 Å². The van der Waals surface area contributed by atoms with E-state index >= 15 is 0 Å². The molecular weight excluding hydrogens is 450 g/mol. The SMILES string of the molecule is Cc1[nH]c(C(=O)OC2CCN(c3cc(-c4nn[nH]n4)cc(Cl)n3)CC2)cc1Br. The number of tetrazole rings is 1. The van der Waals surface area contributed by atoms with Crippen LogP contribution in [0.15, 0.2) is 22.7 Å². The van der Waals surface area contributed by atoms with E-state index in [9.17, 15) is 4.79 Å². The highest BCUT2D eigenvalue weighted by molar-refractivity contribution is 9.10. The summed E-state index contributed by atoms with van der Waals surface area (Å²) in [5.74, 6) is 0.857. The lowest BCUT2D eigenvalue weighted by molar-refractivity contribution is 0.0238. The number of ether oxygens (including phenoxy) is 1. The number of esters is 1. The largest absolute Gasteiger partial charge is 0.458 e. The Morgan fingerprint density at radius 1 is 1.32 bits per heavy atom. The van der Waals surface area contributed by atoms with Gasteiger partial charge in [-0.25, -0.2) is 9.78 Å². The van der Waals surface area contributed by atoms with Gasteiger partial charge in [0, 0.05) is 41.7 Å². The molecule has 3 aromatic heterocycles. The molecule has 4 heterocycles. The fourth-order valence-corrected chi connectivity index (χ4v) is 3.65. The number of hydrogen-bond donors (Lipinski definition) is 2. The summed E-state index contributed by atoms with van der Waals surface area (Å²) < 4.78 is 6.50. The van der Waals surface area contributed by atoms with Gasteiger partial charge in [0.05, 0.1) is 0 Å². The standard InChI is InChI=1S/C17H17BrClN7O2/c1-9-12(18)8-13(20-9)17(27)28-11-2-4-26(5-3-11)15-7-10(6-14(19)21-15)16-22-24-25-23-16/h6-8,11,20H,2-5H2,1H3,(H,22,23,24,25). The molecule has 0 aliphatic carbocycles. The summed E-state index contributed by atoms with van der Waals surface area (Å²) in [4.78, 5) is 21.8. The summed E-state index contributed by atoms with van der Waals surface area (Å²) >= 11 is 9.56. The third-order valence-electron chi connectivity index (χ3n) is 4.60. The average Bonchev–Trinajstić information content (AvgIpc) is 3.32. The van der Waals surface area contributed by atoms with Crippen molar-refractivity contribution in [1.29, 1.82) is 0 Å². The zero-order valence-electron chi connectivity index (χ0n) is 14.9. The van der Waals surface area contributed by atoms with Crippen LogP contribution in [0.4, 0.5) is 5.82 Å². The van der Waals surface area contributed by atoms with Crippen molar-refractivity contribution in [3.05, 3.63) is 39.2 Å². The summed E-state index contributed by atoms with van der Waals surface area (Å²) in [5.41, 5.74) is 2.09. The molecular formula is C17H17BrClN7O2. The Bertz CT molecular complexity index is 964. The third-order valence-corrected chi connectivity index (χ3v) is 5.61. The van der Waals surface area contributed by atoms with Crippen LogP contribution < -0.4 is 4.90 Å². The second kappa shape index (κ2) is 7.88. The van der Waals surface area contributed by atoms with Crippen molar-refractivity contribution in [1.82, 2.24) is 30.6 Å². The number of nitrogens with zero attached hydrogens (tertiary/aromatic N) is 5. The molecule has 0 radical (unpaired) electrons. The molecule has 9 nitrogen and oxygen atoms in total. The van der Waals surface area contributed by atoms with Gasteiger partial charge in [0.2, 0.25) is 5.82 Å². The van der Waals surface area contributed by atoms with Crippen LogP contribution in [0.2, 0.25) is 5.15 Å². The first-order chi connectivity index (χ1) is 13.5. The fraction of sp³-hybridized carbons (Fsp3) is 0.353. The second-order valence-electron chi connectivity index (χ2n) is 6.52. The first-order valence-electron chi connectivity index (χ1n) is 8.72. The number of hydrogen-bond acceptors (Lipinski definition) is 7. The van der Waals surface area contributed by atoms with Gasteiger partial charge in [-0.15, -0.1) is 10.2 Å². The Balaban J connectivity index is 1.40. The minimum Gasteiger partial charge on any atom is -0.458 e. The molecule has 0 unspecified atom stereocenters. The van der Waals surface area contributed by atoms with Gasteiger partial charge in [0.15, 0.2) is 0 Å². The van der Waals surface area contributed by atoms with E-state index < -0.39 is 0 Å². The van der Waals surface area contributed by atoms with Crippen LogP contribution in [0.1, 0.15) is 29.0 Å². The monoisotopic (exact) mass is 465 g/mol. The van der Waals surface area contributed by atoms with Crippen molar-refractivity contribution in [2.75, 3.05) is 18.0 Å². The molecule has 0 amide bonds. The Labute approximate surface area is 174 Å². The number of aromatic nitrogens is 6. The minimum atomic E-state index is -0.340. The van der Waals surface area contributed by atoms with E-state index in [-0.39, 0.29) is 12.1 Å². The van der Waals surface area contributed by atoms with E-state index in [1.54, 1.807) is 12.1 Å². The third kappa shape index (κ3) is 4.02. The van der Waals surface area contributed by atoms with Gasteiger partial charge in [-0.2, -0.15) is 5.21 Å². The highest BCUT2D eigenvalue weighted by Crippen LogP contribution is 2.27. The maximum atomic E-state index is 12.3. The molecule has 1 saturated heterocycles.